The number of nitrogens with two attached hydrogens (primary N) is 1. The molecule has 3 aromatic carbocycles. The van der Waals surface area contributed by atoms with E-state index in [1.165, 1.54) is 22.1 Å². The lowest BCUT2D eigenvalue weighted by atomic mass is 10.1. The van der Waals surface area contributed by atoms with Gasteiger partial charge in [-0.15, -0.1) is 0 Å². The van der Waals surface area contributed by atoms with Crippen molar-refractivity contribution in [2.24, 2.45) is 10.7 Å². The van der Waals surface area contributed by atoms with Crippen molar-refractivity contribution < 1.29 is 0 Å². The highest BCUT2D eigenvalue weighted by Gasteiger charge is 1.99. The first-order valence-corrected chi connectivity index (χ1v) is 12.1. The Morgan fingerprint density at radius 1 is 1.00 bits per heavy atom. The zero-order valence-electron chi connectivity index (χ0n) is 22.1. The molecule has 1 aromatic heterocycles. The lowest BCUT2D eigenvalue weighted by Crippen LogP contribution is -2.10. The minimum Gasteiger partial charge on any atom is -0.384 e. The van der Waals surface area contributed by atoms with Crippen molar-refractivity contribution in [1.82, 2.24) is 4.98 Å². The predicted molar refractivity (Wildman–Crippen MR) is 158 cm³/mol. The molecule has 0 bridgehead atoms. The van der Waals surface area contributed by atoms with E-state index >= 15 is 0 Å². The van der Waals surface area contributed by atoms with Crippen LogP contribution >= 0.6 is 0 Å². The molecular weight excluding hydrogens is 440 g/mol. The molecule has 0 unspecified atom stereocenters. The third-order valence-corrected chi connectivity index (χ3v) is 5.50. The molecule has 4 heteroatoms. The smallest absolute Gasteiger partial charge is 0.119 e. The Morgan fingerprint density at radius 3 is 2.33 bits per heavy atom. The third-order valence-electron chi connectivity index (χ3n) is 5.50. The van der Waals surface area contributed by atoms with E-state index in [1.54, 1.807) is 19.3 Å². The molecule has 0 spiro atoms. The van der Waals surface area contributed by atoms with Gasteiger partial charge >= 0.3 is 0 Å². The number of amidine groups is 1. The van der Waals surface area contributed by atoms with Crippen molar-refractivity contribution in [3.63, 3.8) is 0 Å². The van der Waals surface area contributed by atoms with Gasteiger partial charge in [0.15, 0.2) is 0 Å². The van der Waals surface area contributed by atoms with E-state index in [1.807, 2.05) is 37.3 Å². The van der Waals surface area contributed by atoms with E-state index in [0.29, 0.717) is 5.84 Å². The fourth-order valence-electron chi connectivity index (χ4n) is 3.42. The molecule has 0 saturated heterocycles. The number of pyridine rings is 1. The first kappa shape index (κ1) is 28.1. The van der Waals surface area contributed by atoms with Gasteiger partial charge in [-0.1, -0.05) is 80.2 Å². The Labute approximate surface area is 216 Å². The molecule has 1 heterocycles. The highest BCUT2D eigenvalue weighted by molar-refractivity contribution is 5.92. The molecule has 186 valence electrons. The first-order chi connectivity index (χ1) is 17.4. The zero-order chi connectivity index (χ0) is 26.3. The number of hydrogen-bond donors (Lipinski definition) is 2. The SMILES string of the molecule is C=Cc1nccc2ccccc12.CCc1ccccc1.CN=C(N)/C=C(/C)Nc1cc(C)ccc1C. The monoisotopic (exact) mass is 478 g/mol. The molecule has 4 nitrogen and oxygen atoms in total. The second kappa shape index (κ2) is 14.9. The lowest BCUT2D eigenvalue weighted by molar-refractivity contribution is 1.14. The molecule has 0 saturated carbocycles. The zero-order valence-corrected chi connectivity index (χ0v) is 22.1. The van der Waals surface area contributed by atoms with Crippen molar-refractivity contribution in [3.05, 3.63) is 126 Å². The van der Waals surface area contributed by atoms with Gasteiger partial charge in [-0.2, -0.15) is 0 Å². The van der Waals surface area contributed by atoms with E-state index in [4.69, 9.17) is 5.73 Å². The molecule has 0 radical (unpaired) electrons. The third kappa shape index (κ3) is 9.22. The van der Waals surface area contributed by atoms with Crippen molar-refractivity contribution in [2.45, 2.75) is 34.1 Å². The van der Waals surface area contributed by atoms with E-state index in [9.17, 15) is 0 Å². The van der Waals surface area contributed by atoms with Crippen LogP contribution in [0.15, 0.2) is 108 Å². The molecular formula is C32H38N4. The average Bonchev–Trinajstić information content (AvgIpc) is 2.91. The number of benzene rings is 3. The number of aryl methyl sites for hydroxylation is 3. The summed E-state index contributed by atoms with van der Waals surface area (Å²) in [4.78, 5) is 8.10. The summed E-state index contributed by atoms with van der Waals surface area (Å²) in [6.45, 7) is 12.0. The van der Waals surface area contributed by atoms with E-state index in [0.717, 1.165) is 28.9 Å². The number of aliphatic imine (C=N–C) groups is 1. The summed E-state index contributed by atoms with van der Waals surface area (Å²) in [5.41, 5.74) is 12.5. The summed E-state index contributed by atoms with van der Waals surface area (Å²) in [6, 6.07) is 26.9. The summed E-state index contributed by atoms with van der Waals surface area (Å²) in [5.74, 6) is 0.523. The number of allylic oxidation sites excluding steroid dienone is 1. The minimum atomic E-state index is 0.523. The van der Waals surface area contributed by atoms with Gasteiger partial charge in [-0.3, -0.25) is 9.98 Å². The molecule has 4 aromatic rings. The first-order valence-electron chi connectivity index (χ1n) is 12.1. The van der Waals surface area contributed by atoms with Crippen molar-refractivity contribution in [3.8, 4) is 0 Å². The van der Waals surface area contributed by atoms with Crippen LogP contribution < -0.4 is 11.1 Å². The highest BCUT2D eigenvalue weighted by atomic mass is 14.9. The number of hydrogen-bond acceptors (Lipinski definition) is 3. The van der Waals surface area contributed by atoms with E-state index < -0.39 is 0 Å². The lowest BCUT2D eigenvalue weighted by Gasteiger charge is -2.10. The molecule has 0 aliphatic carbocycles. The maximum Gasteiger partial charge on any atom is 0.119 e. The van der Waals surface area contributed by atoms with E-state index in [-0.39, 0.29) is 0 Å². The van der Waals surface area contributed by atoms with Crippen LogP contribution in [0.3, 0.4) is 0 Å². The maximum atomic E-state index is 5.63. The highest BCUT2D eigenvalue weighted by Crippen LogP contribution is 2.18. The largest absolute Gasteiger partial charge is 0.384 e. The van der Waals surface area contributed by atoms with Crippen molar-refractivity contribution >= 4 is 28.4 Å². The van der Waals surface area contributed by atoms with Gasteiger partial charge in [0.05, 0.1) is 5.69 Å². The molecule has 4 rings (SSSR count). The van der Waals surface area contributed by atoms with Gasteiger partial charge in [-0.25, -0.2) is 0 Å². The van der Waals surface area contributed by atoms with Gasteiger partial charge in [0.25, 0.3) is 0 Å². The molecule has 0 atom stereocenters. The van der Waals surface area contributed by atoms with Crippen LogP contribution in [0, 0.1) is 13.8 Å². The number of fused-ring (bicyclic) bond motifs is 1. The molecule has 36 heavy (non-hydrogen) atoms. The summed E-state index contributed by atoms with van der Waals surface area (Å²) in [6.07, 6.45) is 6.55. The standard InChI is InChI=1S/C13H19N3.C11H9N.C8H10/c1-9-5-6-10(2)12(7-9)16-11(3)8-13(14)15-4;1-2-11-10-6-4-3-5-9(10)7-8-12-11;1-2-8-6-4-3-5-7-8/h5-8,16H,1-4H3,(H2,14,15);2-8H,1H2;3-7H,2H2,1H3/b11-8-;;. The van der Waals surface area contributed by atoms with Gasteiger partial charge in [-0.05, 0) is 73.6 Å². The van der Waals surface area contributed by atoms with E-state index in [2.05, 4.69) is 97.2 Å². The second-order valence-corrected chi connectivity index (χ2v) is 8.38. The molecule has 3 N–H and O–H groups in total. The van der Waals surface area contributed by atoms with Crippen LogP contribution in [0.2, 0.25) is 0 Å². The van der Waals surface area contributed by atoms with Crippen molar-refractivity contribution in [1.29, 1.82) is 0 Å². The second-order valence-electron chi connectivity index (χ2n) is 8.38. The minimum absolute atomic E-state index is 0.523. The van der Waals surface area contributed by atoms with Gasteiger partial charge < -0.3 is 11.1 Å². The Kier molecular flexibility index (Phi) is 11.7. The topological polar surface area (TPSA) is 63.3 Å². The fourth-order valence-corrected chi connectivity index (χ4v) is 3.42. The summed E-state index contributed by atoms with van der Waals surface area (Å²) in [5, 5.41) is 5.69. The summed E-state index contributed by atoms with van der Waals surface area (Å²) in [7, 11) is 1.68. The number of nitrogens with one attached hydrogen (secondary N) is 1. The van der Waals surface area contributed by atoms with Gasteiger partial charge in [0.2, 0.25) is 0 Å². The fraction of sp³-hybridized carbons (Fsp3) is 0.188. The Balaban J connectivity index is 0.000000201. The van der Waals surface area contributed by atoms with Crippen LogP contribution in [-0.4, -0.2) is 17.9 Å². The molecule has 0 amide bonds. The molecule has 0 aliphatic heterocycles. The van der Waals surface area contributed by atoms with Crippen LogP contribution in [0.4, 0.5) is 5.69 Å². The Hall–Kier alpha value is -4.18. The quantitative estimate of drug-likeness (QED) is 0.228. The molecule has 0 fully saturated rings. The maximum absolute atomic E-state index is 5.63. The number of anilines is 1. The Bertz CT molecular complexity index is 1300. The normalized spacial score (nSPS) is 11.0. The van der Waals surface area contributed by atoms with Crippen LogP contribution in [0.25, 0.3) is 16.8 Å². The van der Waals surface area contributed by atoms with Gasteiger partial charge in [0, 0.05) is 30.0 Å². The molecule has 0 aliphatic rings. The van der Waals surface area contributed by atoms with Crippen LogP contribution in [0.5, 0.6) is 0 Å². The average molecular weight is 479 g/mol. The number of aromatic nitrogens is 1. The predicted octanol–water partition coefficient (Wildman–Crippen LogP) is 7.73. The van der Waals surface area contributed by atoms with Crippen LogP contribution in [-0.2, 0) is 6.42 Å². The summed E-state index contributed by atoms with van der Waals surface area (Å²) >= 11 is 0. The van der Waals surface area contributed by atoms with Crippen molar-refractivity contribution in [2.75, 3.05) is 12.4 Å². The number of rotatable bonds is 5. The van der Waals surface area contributed by atoms with Crippen LogP contribution in [0.1, 0.15) is 36.2 Å². The number of nitrogens with zero attached hydrogens (tertiary/aromatic N) is 2. The Morgan fingerprint density at radius 2 is 1.69 bits per heavy atom. The summed E-state index contributed by atoms with van der Waals surface area (Å²) < 4.78 is 0. The van der Waals surface area contributed by atoms with Gasteiger partial charge in [0.1, 0.15) is 5.84 Å².